The van der Waals surface area contributed by atoms with Gasteiger partial charge in [0.15, 0.2) is 5.82 Å². The number of hydrogen-bond donors (Lipinski definition) is 2. The molecule has 1 saturated heterocycles. The van der Waals surface area contributed by atoms with Crippen LogP contribution in [0, 0.1) is 11.3 Å². The van der Waals surface area contributed by atoms with E-state index < -0.39 is 34.8 Å². The SMILES string of the molecule is CC1(C)C(=O)N(c2ccc(C#N)c(C(F)(F)F)c2)C(=O)N1Cc1ccccc1Nc1ccc(O)nn1. The zero-order chi connectivity index (χ0) is 26.3. The van der Waals surface area contributed by atoms with Crippen LogP contribution in [0.25, 0.3) is 0 Å². The number of nitriles is 1. The summed E-state index contributed by atoms with van der Waals surface area (Å²) in [7, 11) is 0. The highest BCUT2D eigenvalue weighted by Gasteiger charge is 2.52. The number of anilines is 3. The lowest BCUT2D eigenvalue weighted by Gasteiger charge is -2.28. The maximum Gasteiger partial charge on any atom is 0.417 e. The molecule has 0 atom stereocenters. The van der Waals surface area contributed by atoms with Crippen molar-refractivity contribution >= 4 is 29.1 Å². The van der Waals surface area contributed by atoms with E-state index in [9.17, 15) is 27.9 Å². The van der Waals surface area contributed by atoms with E-state index >= 15 is 0 Å². The number of carbonyl (C=O) groups is 2. The molecule has 0 spiro atoms. The van der Waals surface area contributed by atoms with Crippen molar-refractivity contribution in [3.8, 4) is 11.9 Å². The van der Waals surface area contributed by atoms with Gasteiger partial charge in [-0.3, -0.25) is 4.79 Å². The molecular weight excluding hydrogens is 477 g/mol. The Bertz CT molecular complexity index is 1380. The van der Waals surface area contributed by atoms with Gasteiger partial charge in [0.2, 0.25) is 5.88 Å². The number of aromatic hydroxyl groups is 1. The number of halogens is 3. The van der Waals surface area contributed by atoms with Crippen LogP contribution in [-0.2, 0) is 17.5 Å². The van der Waals surface area contributed by atoms with E-state index in [1.165, 1.54) is 36.9 Å². The first kappa shape index (κ1) is 24.5. The third-order valence-electron chi connectivity index (χ3n) is 5.77. The van der Waals surface area contributed by atoms with Crippen molar-refractivity contribution in [3.05, 3.63) is 71.3 Å². The Labute approximate surface area is 203 Å². The van der Waals surface area contributed by atoms with Crippen LogP contribution in [0.1, 0.15) is 30.5 Å². The number of rotatable bonds is 5. The van der Waals surface area contributed by atoms with Crippen LogP contribution in [0.15, 0.2) is 54.6 Å². The summed E-state index contributed by atoms with van der Waals surface area (Å²) in [4.78, 5) is 28.5. The first-order chi connectivity index (χ1) is 16.9. The van der Waals surface area contributed by atoms with Gasteiger partial charge in [-0.2, -0.15) is 18.4 Å². The lowest BCUT2D eigenvalue weighted by Crippen LogP contribution is -2.43. The summed E-state index contributed by atoms with van der Waals surface area (Å²) < 4.78 is 40.4. The fourth-order valence-electron chi connectivity index (χ4n) is 3.81. The molecule has 0 saturated carbocycles. The second kappa shape index (κ2) is 8.84. The summed E-state index contributed by atoms with van der Waals surface area (Å²) in [5, 5.41) is 28.8. The van der Waals surface area contributed by atoms with Crippen LogP contribution in [-0.4, -0.2) is 37.7 Å². The Morgan fingerprint density at radius 2 is 1.81 bits per heavy atom. The van der Waals surface area contributed by atoms with Crippen molar-refractivity contribution in [2.24, 2.45) is 0 Å². The standard InChI is InChI=1S/C24H19F3N6O3/c1-23(2)21(35)33(16-8-7-14(12-28)17(11-16)24(25,26)27)22(36)32(23)13-15-5-3-4-6-18(15)29-19-9-10-20(34)31-30-19/h3-11H,13H2,1-2H3,(H,29,30)(H,31,34). The number of urea groups is 1. The number of benzene rings is 2. The first-order valence-electron chi connectivity index (χ1n) is 10.6. The number of para-hydroxylation sites is 1. The molecular formula is C24H19F3N6O3. The molecule has 184 valence electrons. The molecule has 2 aromatic carbocycles. The molecule has 2 N–H and O–H groups in total. The summed E-state index contributed by atoms with van der Waals surface area (Å²) >= 11 is 0. The minimum atomic E-state index is -4.84. The largest absolute Gasteiger partial charge is 0.492 e. The Morgan fingerprint density at radius 3 is 2.44 bits per heavy atom. The van der Waals surface area contributed by atoms with Gasteiger partial charge in [0.1, 0.15) is 5.54 Å². The zero-order valence-electron chi connectivity index (χ0n) is 19.0. The Kier molecular flexibility index (Phi) is 6.01. The number of aromatic nitrogens is 2. The molecule has 0 bridgehead atoms. The molecule has 3 amide bonds. The van der Waals surface area contributed by atoms with E-state index in [1.807, 2.05) is 0 Å². The van der Waals surface area contributed by atoms with E-state index in [4.69, 9.17) is 5.26 Å². The fourth-order valence-corrected chi connectivity index (χ4v) is 3.81. The van der Waals surface area contributed by atoms with Crippen LogP contribution >= 0.6 is 0 Å². The summed E-state index contributed by atoms with van der Waals surface area (Å²) in [6.45, 7) is 2.96. The second-order valence-corrected chi connectivity index (χ2v) is 8.47. The molecule has 4 rings (SSSR count). The van der Waals surface area contributed by atoms with Gasteiger partial charge >= 0.3 is 12.2 Å². The molecule has 1 fully saturated rings. The molecule has 9 nitrogen and oxygen atoms in total. The van der Waals surface area contributed by atoms with E-state index in [1.54, 1.807) is 24.3 Å². The molecule has 0 aliphatic carbocycles. The van der Waals surface area contributed by atoms with Gasteiger partial charge in [-0.15, -0.1) is 10.2 Å². The van der Waals surface area contributed by atoms with Gasteiger partial charge in [-0.25, -0.2) is 9.69 Å². The van der Waals surface area contributed by atoms with Crippen molar-refractivity contribution in [1.29, 1.82) is 5.26 Å². The maximum absolute atomic E-state index is 13.5. The van der Waals surface area contributed by atoms with Gasteiger partial charge in [-0.1, -0.05) is 18.2 Å². The number of amides is 3. The summed E-state index contributed by atoms with van der Waals surface area (Å²) in [6.07, 6.45) is -4.84. The predicted molar refractivity (Wildman–Crippen MR) is 122 cm³/mol. The molecule has 1 aliphatic rings. The Morgan fingerprint density at radius 1 is 1.08 bits per heavy atom. The van der Waals surface area contributed by atoms with E-state index in [-0.39, 0.29) is 18.1 Å². The molecule has 12 heteroatoms. The quantitative estimate of drug-likeness (QED) is 0.497. The average Bonchev–Trinajstić information content (AvgIpc) is 3.00. The highest BCUT2D eigenvalue weighted by Crippen LogP contribution is 2.38. The van der Waals surface area contributed by atoms with Crippen LogP contribution in [0.5, 0.6) is 5.88 Å². The predicted octanol–water partition coefficient (Wildman–Crippen LogP) is 4.56. The minimum absolute atomic E-state index is 0.0504. The second-order valence-electron chi connectivity index (χ2n) is 8.47. The summed E-state index contributed by atoms with van der Waals surface area (Å²) in [6, 6.07) is 13.1. The van der Waals surface area contributed by atoms with Gasteiger partial charge < -0.3 is 15.3 Å². The molecule has 2 heterocycles. The number of carbonyl (C=O) groups excluding carboxylic acids is 2. The fraction of sp³-hybridized carbons (Fsp3) is 0.208. The summed E-state index contributed by atoms with van der Waals surface area (Å²) in [5.74, 6) is -0.643. The Hall–Kier alpha value is -4.66. The van der Waals surface area contributed by atoms with Crippen molar-refractivity contribution < 1.29 is 27.9 Å². The maximum atomic E-state index is 13.5. The third kappa shape index (κ3) is 4.38. The number of alkyl halides is 3. The monoisotopic (exact) mass is 496 g/mol. The van der Waals surface area contributed by atoms with Gasteiger partial charge in [0, 0.05) is 11.8 Å². The van der Waals surface area contributed by atoms with Crippen molar-refractivity contribution in [3.63, 3.8) is 0 Å². The average molecular weight is 496 g/mol. The topological polar surface area (TPSA) is 122 Å². The molecule has 1 aromatic heterocycles. The van der Waals surface area contributed by atoms with E-state index in [0.717, 1.165) is 12.1 Å². The molecule has 0 unspecified atom stereocenters. The lowest BCUT2D eigenvalue weighted by atomic mass is 10.0. The van der Waals surface area contributed by atoms with Crippen molar-refractivity contribution in [2.75, 3.05) is 10.2 Å². The number of nitrogens with zero attached hydrogens (tertiary/aromatic N) is 5. The van der Waals surface area contributed by atoms with Gasteiger partial charge in [0.05, 0.1) is 29.4 Å². The minimum Gasteiger partial charge on any atom is -0.492 e. The third-order valence-corrected chi connectivity index (χ3v) is 5.77. The normalized spacial score (nSPS) is 15.2. The first-order valence-corrected chi connectivity index (χ1v) is 10.6. The highest BCUT2D eigenvalue weighted by atomic mass is 19.4. The molecule has 36 heavy (non-hydrogen) atoms. The molecule has 3 aromatic rings. The number of imide groups is 1. The smallest absolute Gasteiger partial charge is 0.417 e. The van der Waals surface area contributed by atoms with Gasteiger partial charge in [-0.05, 0) is 49.7 Å². The Balaban J connectivity index is 1.67. The van der Waals surface area contributed by atoms with Gasteiger partial charge in [0.25, 0.3) is 5.91 Å². The van der Waals surface area contributed by atoms with Crippen molar-refractivity contribution in [1.82, 2.24) is 15.1 Å². The van der Waals surface area contributed by atoms with Crippen LogP contribution in [0.3, 0.4) is 0 Å². The molecule has 1 aliphatic heterocycles. The number of hydrogen-bond acceptors (Lipinski definition) is 7. The zero-order valence-corrected chi connectivity index (χ0v) is 19.0. The van der Waals surface area contributed by atoms with E-state index in [0.29, 0.717) is 28.0 Å². The van der Waals surface area contributed by atoms with Crippen LogP contribution < -0.4 is 10.2 Å². The van der Waals surface area contributed by atoms with Crippen LogP contribution in [0.4, 0.5) is 35.2 Å². The van der Waals surface area contributed by atoms with Crippen molar-refractivity contribution in [2.45, 2.75) is 32.1 Å². The number of nitrogens with one attached hydrogen (secondary N) is 1. The lowest BCUT2D eigenvalue weighted by molar-refractivity contribution is -0.137. The van der Waals surface area contributed by atoms with E-state index in [2.05, 4.69) is 15.5 Å². The molecule has 0 radical (unpaired) electrons. The highest BCUT2D eigenvalue weighted by molar-refractivity contribution is 6.23. The van der Waals surface area contributed by atoms with Crippen LogP contribution in [0.2, 0.25) is 0 Å². The summed E-state index contributed by atoms with van der Waals surface area (Å²) in [5.41, 5.74) is -2.36.